The van der Waals surface area contributed by atoms with Gasteiger partial charge < -0.3 is 9.84 Å². The highest BCUT2D eigenvalue weighted by molar-refractivity contribution is 6.31. The third kappa shape index (κ3) is 4.05. The van der Waals surface area contributed by atoms with Crippen molar-refractivity contribution in [2.24, 2.45) is 0 Å². The molecule has 0 radical (unpaired) electrons. The van der Waals surface area contributed by atoms with Gasteiger partial charge in [0, 0.05) is 10.6 Å². The maximum Gasteiger partial charge on any atom is 0.311 e. The summed E-state index contributed by atoms with van der Waals surface area (Å²) in [5.41, 5.74) is 2.59. The summed E-state index contributed by atoms with van der Waals surface area (Å²) in [6.07, 6.45) is 0.326. The molecule has 122 valence electrons. The van der Waals surface area contributed by atoms with Crippen molar-refractivity contribution in [3.8, 4) is 5.75 Å². The lowest BCUT2D eigenvalue weighted by Crippen LogP contribution is -2.16. The van der Waals surface area contributed by atoms with Crippen LogP contribution >= 0.6 is 11.6 Å². The molecule has 4 heteroatoms. The fourth-order valence-corrected chi connectivity index (χ4v) is 2.81. The number of rotatable bonds is 6. The molecule has 3 nitrogen and oxygen atoms in total. The summed E-state index contributed by atoms with van der Waals surface area (Å²) in [5, 5.41) is 10.3. The molecule has 0 spiro atoms. The number of aliphatic carboxylic acids is 1. The van der Waals surface area contributed by atoms with Crippen molar-refractivity contribution in [3.05, 3.63) is 64.2 Å². The Morgan fingerprint density at radius 1 is 1.22 bits per heavy atom. The summed E-state index contributed by atoms with van der Waals surface area (Å²) in [5.74, 6) is -0.684. The van der Waals surface area contributed by atoms with E-state index >= 15 is 0 Å². The average molecular weight is 333 g/mol. The predicted octanol–water partition coefficient (Wildman–Crippen LogP) is 4.88. The van der Waals surface area contributed by atoms with Gasteiger partial charge in [0.2, 0.25) is 0 Å². The quantitative estimate of drug-likeness (QED) is 0.819. The predicted molar refractivity (Wildman–Crippen MR) is 92.6 cm³/mol. The molecule has 2 rings (SSSR count). The minimum Gasteiger partial charge on any atom is -0.496 e. The number of halogens is 1. The van der Waals surface area contributed by atoms with Crippen molar-refractivity contribution in [3.63, 3.8) is 0 Å². The number of hydrogen-bond donors (Lipinski definition) is 1. The van der Waals surface area contributed by atoms with Gasteiger partial charge in [-0.2, -0.15) is 0 Å². The van der Waals surface area contributed by atoms with Gasteiger partial charge in [-0.05, 0) is 35.6 Å². The van der Waals surface area contributed by atoms with Gasteiger partial charge in [-0.15, -0.1) is 0 Å². The molecule has 0 fully saturated rings. The molecule has 2 aromatic rings. The van der Waals surface area contributed by atoms with Crippen LogP contribution in [0.2, 0.25) is 5.02 Å². The summed E-state index contributed by atoms with van der Waals surface area (Å²) in [7, 11) is 1.56. The molecule has 0 amide bonds. The molecule has 23 heavy (non-hydrogen) atoms. The fraction of sp³-hybridized carbons (Fsp3) is 0.316. The van der Waals surface area contributed by atoms with E-state index in [1.54, 1.807) is 13.2 Å². The van der Waals surface area contributed by atoms with Gasteiger partial charge in [-0.3, -0.25) is 4.79 Å². The number of carboxylic acid groups (broad SMARTS) is 1. The average Bonchev–Trinajstić information content (AvgIpc) is 2.53. The van der Waals surface area contributed by atoms with Crippen LogP contribution in [-0.2, 0) is 11.2 Å². The normalized spacial score (nSPS) is 12.2. The SMILES string of the molecule is COc1ccc(C(C)C)cc1C(Cc1ccccc1Cl)C(=O)O. The molecule has 2 aromatic carbocycles. The van der Waals surface area contributed by atoms with Crippen molar-refractivity contribution in [1.29, 1.82) is 0 Å². The van der Waals surface area contributed by atoms with E-state index < -0.39 is 11.9 Å². The van der Waals surface area contributed by atoms with E-state index in [0.717, 1.165) is 11.1 Å². The molecular formula is C19H21ClO3. The zero-order valence-electron chi connectivity index (χ0n) is 13.5. The van der Waals surface area contributed by atoms with Gasteiger partial charge in [0.05, 0.1) is 13.0 Å². The lowest BCUT2D eigenvalue weighted by Gasteiger charge is -2.19. The first-order valence-electron chi connectivity index (χ1n) is 7.58. The highest BCUT2D eigenvalue weighted by Crippen LogP contribution is 2.33. The Labute approximate surface area is 141 Å². The first kappa shape index (κ1) is 17.4. The third-order valence-corrected chi connectivity index (χ3v) is 4.34. The van der Waals surface area contributed by atoms with Crippen LogP contribution in [0.5, 0.6) is 5.75 Å². The monoisotopic (exact) mass is 332 g/mol. The number of methoxy groups -OCH3 is 1. The van der Waals surface area contributed by atoms with E-state index in [4.69, 9.17) is 16.3 Å². The van der Waals surface area contributed by atoms with Gasteiger partial charge in [0.1, 0.15) is 5.75 Å². The second kappa shape index (κ2) is 7.51. The molecule has 0 aliphatic heterocycles. The van der Waals surface area contributed by atoms with Crippen LogP contribution in [0.3, 0.4) is 0 Å². The Hall–Kier alpha value is -2.00. The topological polar surface area (TPSA) is 46.5 Å². The zero-order chi connectivity index (χ0) is 17.0. The van der Waals surface area contributed by atoms with E-state index in [0.29, 0.717) is 28.7 Å². The first-order valence-corrected chi connectivity index (χ1v) is 7.95. The Morgan fingerprint density at radius 2 is 1.91 bits per heavy atom. The third-order valence-electron chi connectivity index (χ3n) is 3.98. The maximum atomic E-state index is 11.9. The molecule has 0 saturated carbocycles. The van der Waals surface area contributed by atoms with E-state index in [-0.39, 0.29) is 0 Å². The highest BCUT2D eigenvalue weighted by Gasteiger charge is 2.25. The number of carbonyl (C=O) groups is 1. The standard InChI is InChI=1S/C19H21ClO3/c1-12(2)13-8-9-18(23-3)15(10-13)16(19(21)22)11-14-6-4-5-7-17(14)20/h4-10,12,16H,11H2,1-3H3,(H,21,22). The summed E-state index contributed by atoms with van der Waals surface area (Å²) in [6.45, 7) is 4.16. The molecule has 0 saturated heterocycles. The van der Waals surface area contributed by atoms with Crippen molar-refractivity contribution in [2.45, 2.75) is 32.1 Å². The second-order valence-electron chi connectivity index (χ2n) is 5.84. The Morgan fingerprint density at radius 3 is 2.48 bits per heavy atom. The van der Waals surface area contributed by atoms with Crippen molar-refractivity contribution < 1.29 is 14.6 Å². The van der Waals surface area contributed by atoms with Crippen molar-refractivity contribution >= 4 is 17.6 Å². The Balaban J connectivity index is 2.47. The molecule has 0 heterocycles. The summed E-state index contributed by atoms with van der Waals surface area (Å²) < 4.78 is 5.38. The smallest absolute Gasteiger partial charge is 0.311 e. The van der Waals surface area contributed by atoms with Crippen molar-refractivity contribution in [2.75, 3.05) is 7.11 Å². The van der Waals surface area contributed by atoms with E-state index in [9.17, 15) is 9.90 Å². The minimum absolute atomic E-state index is 0.314. The van der Waals surface area contributed by atoms with Gasteiger partial charge in [0.15, 0.2) is 0 Å². The van der Waals surface area contributed by atoms with E-state index in [2.05, 4.69) is 13.8 Å². The highest BCUT2D eigenvalue weighted by atomic mass is 35.5. The first-order chi connectivity index (χ1) is 10.9. The van der Waals surface area contributed by atoms with Crippen molar-refractivity contribution in [1.82, 2.24) is 0 Å². The largest absolute Gasteiger partial charge is 0.496 e. The minimum atomic E-state index is -0.885. The van der Waals surface area contributed by atoms with E-state index in [1.807, 2.05) is 36.4 Å². The fourth-order valence-electron chi connectivity index (χ4n) is 2.60. The van der Waals surface area contributed by atoms with Crippen LogP contribution in [0.15, 0.2) is 42.5 Å². The molecule has 1 atom stereocenters. The van der Waals surface area contributed by atoms with Gasteiger partial charge in [0.25, 0.3) is 0 Å². The maximum absolute atomic E-state index is 11.9. The molecule has 0 bridgehead atoms. The molecule has 0 aliphatic carbocycles. The van der Waals surface area contributed by atoms with Gasteiger partial charge in [-0.1, -0.05) is 55.8 Å². The lowest BCUT2D eigenvalue weighted by atomic mass is 9.88. The Bertz CT molecular complexity index is 695. The zero-order valence-corrected chi connectivity index (χ0v) is 14.3. The number of ether oxygens (including phenoxy) is 1. The molecular weight excluding hydrogens is 312 g/mol. The molecule has 0 aromatic heterocycles. The second-order valence-corrected chi connectivity index (χ2v) is 6.25. The number of hydrogen-bond acceptors (Lipinski definition) is 2. The Kier molecular flexibility index (Phi) is 5.67. The molecule has 1 N–H and O–H groups in total. The van der Waals surface area contributed by atoms with Crippen LogP contribution < -0.4 is 4.74 Å². The van der Waals surface area contributed by atoms with Crippen LogP contribution in [-0.4, -0.2) is 18.2 Å². The number of benzene rings is 2. The van der Waals surface area contributed by atoms with Crippen LogP contribution in [0.25, 0.3) is 0 Å². The molecule has 1 unspecified atom stereocenters. The summed E-state index contributed by atoms with van der Waals surface area (Å²) in [6, 6.07) is 13.1. The lowest BCUT2D eigenvalue weighted by molar-refractivity contribution is -0.138. The van der Waals surface area contributed by atoms with Crippen LogP contribution in [0.1, 0.15) is 42.4 Å². The number of carboxylic acids is 1. The van der Waals surface area contributed by atoms with Crippen LogP contribution in [0.4, 0.5) is 0 Å². The van der Waals surface area contributed by atoms with Crippen LogP contribution in [0, 0.1) is 0 Å². The van der Waals surface area contributed by atoms with E-state index in [1.165, 1.54) is 0 Å². The van der Waals surface area contributed by atoms with Gasteiger partial charge in [-0.25, -0.2) is 0 Å². The summed E-state index contributed by atoms with van der Waals surface area (Å²) in [4.78, 5) is 11.9. The summed E-state index contributed by atoms with van der Waals surface area (Å²) >= 11 is 6.19. The van der Waals surface area contributed by atoms with Gasteiger partial charge >= 0.3 is 5.97 Å². The molecule has 0 aliphatic rings.